The smallest absolute Gasteiger partial charge is 0.0142 e. The molecule has 2 rings (SSSR count). The Bertz CT molecular complexity index is 312. The summed E-state index contributed by atoms with van der Waals surface area (Å²) in [6.45, 7) is 13.5. The molecule has 0 amide bonds. The van der Waals surface area contributed by atoms with Crippen molar-refractivity contribution < 1.29 is 0 Å². The first-order valence-electron chi connectivity index (χ1n) is 6.84. The summed E-state index contributed by atoms with van der Waals surface area (Å²) in [5.74, 6) is 3.39. The fourth-order valence-corrected chi connectivity index (χ4v) is 4.72. The van der Waals surface area contributed by atoms with Gasteiger partial charge in [0.05, 0.1) is 0 Å². The van der Waals surface area contributed by atoms with Gasteiger partial charge >= 0.3 is 0 Å². The minimum Gasteiger partial charge on any atom is -0.100 e. The molecule has 0 aromatic carbocycles. The molecule has 0 heterocycles. The molecule has 5 unspecified atom stereocenters. The van der Waals surface area contributed by atoms with Crippen LogP contribution in [0.1, 0.15) is 47.0 Å². The minimum atomic E-state index is 0.564. The Morgan fingerprint density at radius 1 is 1.38 bits per heavy atom. The number of hydrogen-bond acceptors (Lipinski definition) is 0. The van der Waals surface area contributed by atoms with Gasteiger partial charge in [0.25, 0.3) is 0 Å². The second kappa shape index (κ2) is 4.05. The van der Waals surface area contributed by atoms with Crippen LogP contribution in [0.25, 0.3) is 0 Å². The average molecular weight is 218 g/mol. The van der Waals surface area contributed by atoms with Crippen molar-refractivity contribution >= 4 is 0 Å². The summed E-state index contributed by atoms with van der Waals surface area (Å²) in [6.07, 6.45) is 8.90. The predicted molar refractivity (Wildman–Crippen MR) is 71.2 cm³/mol. The molecule has 5 atom stereocenters. The monoisotopic (exact) mass is 218 g/mol. The van der Waals surface area contributed by atoms with Gasteiger partial charge < -0.3 is 0 Å². The Hall–Kier alpha value is -0.520. The van der Waals surface area contributed by atoms with E-state index in [9.17, 15) is 0 Å². The maximum Gasteiger partial charge on any atom is -0.0142 e. The first kappa shape index (κ1) is 12.0. The van der Waals surface area contributed by atoms with Crippen LogP contribution in [-0.4, -0.2) is 0 Å². The van der Waals surface area contributed by atoms with E-state index in [1.54, 1.807) is 0 Å². The van der Waals surface area contributed by atoms with Gasteiger partial charge in [-0.15, -0.1) is 6.58 Å². The summed E-state index contributed by atoms with van der Waals surface area (Å²) < 4.78 is 0. The highest BCUT2D eigenvalue weighted by Gasteiger charge is 2.58. The third-order valence-corrected chi connectivity index (χ3v) is 5.02. The molecule has 2 aliphatic rings. The van der Waals surface area contributed by atoms with E-state index in [1.165, 1.54) is 24.8 Å². The molecule has 0 heteroatoms. The number of allylic oxidation sites excluding steroid dienone is 3. The summed E-state index contributed by atoms with van der Waals surface area (Å²) in [6, 6.07) is 0. The molecule has 90 valence electrons. The highest BCUT2D eigenvalue weighted by molar-refractivity contribution is 5.20. The molecule has 0 nitrogen and oxygen atoms in total. The van der Waals surface area contributed by atoms with E-state index in [0.717, 1.165) is 23.7 Å². The van der Waals surface area contributed by atoms with Crippen molar-refractivity contribution in [3.05, 3.63) is 24.3 Å². The highest BCUT2D eigenvalue weighted by atomic mass is 14.6. The fraction of sp³-hybridized carbons (Fsp3) is 0.750. The van der Waals surface area contributed by atoms with Crippen LogP contribution in [0.2, 0.25) is 0 Å². The van der Waals surface area contributed by atoms with Crippen molar-refractivity contribution in [2.45, 2.75) is 47.0 Å². The van der Waals surface area contributed by atoms with Gasteiger partial charge in [-0.25, -0.2) is 0 Å². The maximum atomic E-state index is 4.16. The Labute approximate surface area is 101 Å². The fourth-order valence-electron chi connectivity index (χ4n) is 4.72. The van der Waals surface area contributed by atoms with Crippen LogP contribution >= 0.6 is 0 Å². The van der Waals surface area contributed by atoms with E-state index in [-0.39, 0.29) is 0 Å². The first-order valence-corrected chi connectivity index (χ1v) is 6.84. The third kappa shape index (κ3) is 1.58. The number of hydrogen-bond donors (Lipinski definition) is 0. The zero-order chi connectivity index (χ0) is 11.9. The molecule has 0 bridgehead atoms. The molecule has 0 aliphatic heterocycles. The van der Waals surface area contributed by atoms with Crippen LogP contribution in [0.4, 0.5) is 0 Å². The molecular weight excluding hydrogens is 192 g/mol. The molecule has 2 aliphatic carbocycles. The molecular formula is C16H26. The third-order valence-electron chi connectivity index (χ3n) is 5.02. The summed E-state index contributed by atoms with van der Waals surface area (Å²) in [7, 11) is 0. The molecule has 16 heavy (non-hydrogen) atoms. The van der Waals surface area contributed by atoms with Crippen molar-refractivity contribution in [3.8, 4) is 0 Å². The normalized spacial score (nSPS) is 46.0. The molecule has 0 N–H and O–H groups in total. The van der Waals surface area contributed by atoms with Crippen LogP contribution in [0, 0.1) is 29.1 Å². The van der Waals surface area contributed by atoms with Crippen LogP contribution in [0.5, 0.6) is 0 Å². The van der Waals surface area contributed by atoms with Gasteiger partial charge in [0.15, 0.2) is 0 Å². The lowest BCUT2D eigenvalue weighted by atomic mass is 9.41. The van der Waals surface area contributed by atoms with E-state index in [2.05, 4.69) is 46.4 Å². The standard InChI is InChI=1S/C16H26/c1-6-14-13(5)15-8-7-12(4)10-16(14,15)9-11(2)3/h7-8,12-15H,2,6,9-10H2,1,3-5H3. The lowest BCUT2D eigenvalue weighted by molar-refractivity contribution is -0.109. The van der Waals surface area contributed by atoms with E-state index in [1.807, 2.05) is 0 Å². The van der Waals surface area contributed by atoms with Gasteiger partial charge in [-0.1, -0.05) is 44.9 Å². The lowest BCUT2D eigenvalue weighted by Crippen LogP contribution is -2.56. The van der Waals surface area contributed by atoms with Crippen LogP contribution < -0.4 is 0 Å². The zero-order valence-electron chi connectivity index (χ0n) is 11.3. The van der Waals surface area contributed by atoms with Gasteiger partial charge in [-0.2, -0.15) is 0 Å². The van der Waals surface area contributed by atoms with E-state index >= 15 is 0 Å². The summed E-state index contributed by atoms with van der Waals surface area (Å²) in [5.41, 5.74) is 1.94. The zero-order valence-corrected chi connectivity index (χ0v) is 11.3. The Morgan fingerprint density at radius 3 is 2.62 bits per heavy atom. The van der Waals surface area contributed by atoms with Crippen molar-refractivity contribution in [2.24, 2.45) is 29.1 Å². The van der Waals surface area contributed by atoms with Crippen LogP contribution in [-0.2, 0) is 0 Å². The van der Waals surface area contributed by atoms with Crippen LogP contribution in [0.15, 0.2) is 24.3 Å². The molecule has 1 saturated carbocycles. The minimum absolute atomic E-state index is 0.564. The Kier molecular flexibility index (Phi) is 3.03. The highest BCUT2D eigenvalue weighted by Crippen LogP contribution is 2.65. The van der Waals surface area contributed by atoms with E-state index in [4.69, 9.17) is 0 Å². The second-order valence-electron chi connectivity index (χ2n) is 6.33. The average Bonchev–Trinajstić information content (AvgIpc) is 2.16. The number of rotatable bonds is 3. The van der Waals surface area contributed by atoms with Crippen molar-refractivity contribution in [3.63, 3.8) is 0 Å². The Balaban J connectivity index is 2.28. The summed E-state index contributed by atoms with van der Waals surface area (Å²) in [4.78, 5) is 0. The van der Waals surface area contributed by atoms with E-state index < -0.39 is 0 Å². The van der Waals surface area contributed by atoms with Gasteiger partial charge in [-0.3, -0.25) is 0 Å². The maximum absolute atomic E-state index is 4.16. The van der Waals surface area contributed by atoms with Gasteiger partial charge in [0.2, 0.25) is 0 Å². The molecule has 0 radical (unpaired) electrons. The predicted octanol–water partition coefficient (Wildman–Crippen LogP) is 4.83. The van der Waals surface area contributed by atoms with Crippen molar-refractivity contribution in [1.82, 2.24) is 0 Å². The largest absolute Gasteiger partial charge is 0.100 e. The van der Waals surface area contributed by atoms with Gasteiger partial charge in [-0.05, 0) is 48.9 Å². The second-order valence-corrected chi connectivity index (χ2v) is 6.33. The lowest BCUT2D eigenvalue weighted by Gasteiger charge is -2.63. The molecule has 0 aromatic heterocycles. The first-order chi connectivity index (χ1) is 7.51. The summed E-state index contributed by atoms with van der Waals surface area (Å²) >= 11 is 0. The molecule has 0 aromatic rings. The Morgan fingerprint density at radius 2 is 2.06 bits per heavy atom. The number of fused-ring (bicyclic) bond motifs is 1. The summed E-state index contributed by atoms with van der Waals surface area (Å²) in [5, 5.41) is 0. The van der Waals surface area contributed by atoms with Crippen molar-refractivity contribution in [2.75, 3.05) is 0 Å². The molecule has 0 spiro atoms. The van der Waals surface area contributed by atoms with Crippen LogP contribution in [0.3, 0.4) is 0 Å². The molecule has 1 fully saturated rings. The van der Waals surface area contributed by atoms with E-state index in [0.29, 0.717) is 5.41 Å². The van der Waals surface area contributed by atoms with Crippen molar-refractivity contribution in [1.29, 1.82) is 0 Å². The topological polar surface area (TPSA) is 0 Å². The van der Waals surface area contributed by atoms with Gasteiger partial charge in [0, 0.05) is 0 Å². The quantitative estimate of drug-likeness (QED) is 0.595. The van der Waals surface area contributed by atoms with Gasteiger partial charge in [0.1, 0.15) is 0 Å². The molecule has 0 saturated heterocycles. The SMILES string of the molecule is C=C(C)CC12CC(C)C=CC1C(C)C2CC.